The van der Waals surface area contributed by atoms with Gasteiger partial charge < -0.3 is 5.73 Å². The summed E-state index contributed by atoms with van der Waals surface area (Å²) < 4.78 is 0. The maximum atomic E-state index is 12.0. The normalized spacial score (nSPS) is 10.1. The highest BCUT2D eigenvalue weighted by molar-refractivity contribution is 7.80. The van der Waals surface area contributed by atoms with E-state index in [0.717, 1.165) is 11.4 Å². The minimum absolute atomic E-state index is 0.238. The summed E-state index contributed by atoms with van der Waals surface area (Å²) in [5.41, 5.74) is 7.89. The largest absolute Gasteiger partial charge is 0.389 e. The van der Waals surface area contributed by atoms with Gasteiger partial charge in [0.15, 0.2) is 0 Å². The molecule has 3 N–H and O–H groups in total. The minimum atomic E-state index is -0.385. The van der Waals surface area contributed by atoms with E-state index in [4.69, 9.17) is 18.0 Å². The van der Waals surface area contributed by atoms with Crippen molar-refractivity contribution in [1.29, 1.82) is 0 Å². The molecule has 0 fully saturated rings. The van der Waals surface area contributed by atoms with Crippen LogP contribution in [0.15, 0.2) is 24.4 Å². The number of carbonyl (C=O) groups excluding carboxylic acids is 1. The quantitative estimate of drug-likeness (QED) is 0.828. The summed E-state index contributed by atoms with van der Waals surface area (Å²) in [7, 11) is 0. The lowest BCUT2D eigenvalue weighted by Crippen LogP contribution is -2.17. The third-order valence-electron chi connectivity index (χ3n) is 2.49. The van der Waals surface area contributed by atoms with E-state index in [1.165, 1.54) is 6.20 Å². The first-order valence-electron chi connectivity index (χ1n) is 5.85. The second-order valence-electron chi connectivity index (χ2n) is 4.22. The van der Waals surface area contributed by atoms with Gasteiger partial charge in [-0.25, -0.2) is 9.97 Å². The molecule has 2 aromatic rings. The van der Waals surface area contributed by atoms with Gasteiger partial charge in [-0.05, 0) is 32.0 Å². The highest BCUT2D eigenvalue weighted by Crippen LogP contribution is 2.06. The van der Waals surface area contributed by atoms with Gasteiger partial charge >= 0.3 is 0 Å². The first-order valence-corrected chi connectivity index (χ1v) is 6.26. The predicted molar refractivity (Wildman–Crippen MR) is 79.6 cm³/mol. The van der Waals surface area contributed by atoms with E-state index in [-0.39, 0.29) is 22.5 Å². The molecule has 20 heavy (non-hydrogen) atoms. The average Bonchev–Trinajstić information content (AvgIpc) is 2.37. The first kappa shape index (κ1) is 14.0. The molecule has 6 nitrogen and oxygen atoms in total. The Balaban J connectivity index is 2.17. The Hall–Kier alpha value is -2.41. The topological polar surface area (TPSA) is 93.8 Å². The molecule has 0 spiro atoms. The molecular formula is C13H13N5OS. The van der Waals surface area contributed by atoms with Gasteiger partial charge in [-0.15, -0.1) is 0 Å². The van der Waals surface area contributed by atoms with Crippen molar-refractivity contribution in [3.63, 3.8) is 0 Å². The maximum absolute atomic E-state index is 12.0. The summed E-state index contributed by atoms with van der Waals surface area (Å²) in [5.74, 6) is -0.128. The second kappa shape index (κ2) is 5.70. The summed E-state index contributed by atoms with van der Waals surface area (Å²) in [6.07, 6.45) is 1.46. The maximum Gasteiger partial charge on any atom is 0.276 e. The van der Waals surface area contributed by atoms with Crippen molar-refractivity contribution in [2.75, 3.05) is 5.32 Å². The molecule has 0 aliphatic heterocycles. The van der Waals surface area contributed by atoms with Gasteiger partial charge in [-0.2, -0.15) is 0 Å². The molecule has 1 amide bonds. The third-order valence-corrected chi connectivity index (χ3v) is 2.72. The van der Waals surface area contributed by atoms with E-state index in [9.17, 15) is 4.79 Å². The molecule has 0 atom stereocenters. The SMILES string of the molecule is Cc1cc(C)nc(NC(=O)c2ccc(C(N)=S)cn2)n1. The number of nitrogens with two attached hydrogens (primary N) is 1. The van der Waals surface area contributed by atoms with Crippen LogP contribution in [0.4, 0.5) is 5.95 Å². The zero-order valence-electron chi connectivity index (χ0n) is 11.0. The Bertz CT molecular complexity index is 649. The number of hydrogen-bond acceptors (Lipinski definition) is 5. The number of aromatic nitrogens is 3. The molecular weight excluding hydrogens is 274 g/mol. The summed E-state index contributed by atoms with van der Waals surface area (Å²) in [4.78, 5) is 24.5. The number of nitrogens with zero attached hydrogens (tertiary/aromatic N) is 3. The molecule has 0 bridgehead atoms. The molecule has 7 heteroatoms. The molecule has 0 radical (unpaired) electrons. The number of hydrogen-bond donors (Lipinski definition) is 2. The smallest absolute Gasteiger partial charge is 0.276 e. The monoisotopic (exact) mass is 287 g/mol. The molecule has 0 aromatic carbocycles. The Morgan fingerprint density at radius 2 is 1.90 bits per heavy atom. The molecule has 2 rings (SSSR count). The van der Waals surface area contributed by atoms with Crippen molar-refractivity contribution in [3.8, 4) is 0 Å². The molecule has 102 valence electrons. The molecule has 2 aromatic heterocycles. The lowest BCUT2D eigenvalue weighted by molar-refractivity contribution is 0.102. The molecule has 0 aliphatic carbocycles. The number of anilines is 1. The van der Waals surface area contributed by atoms with Gasteiger partial charge in [0.05, 0.1) is 0 Å². The van der Waals surface area contributed by atoms with Crippen LogP contribution in [0.3, 0.4) is 0 Å². The first-order chi connectivity index (χ1) is 9.45. The van der Waals surface area contributed by atoms with E-state index in [0.29, 0.717) is 5.56 Å². The molecule has 0 aliphatic rings. The van der Waals surface area contributed by atoms with Crippen molar-refractivity contribution in [2.24, 2.45) is 5.73 Å². The predicted octanol–water partition coefficient (Wildman–Crippen LogP) is 1.37. The Morgan fingerprint density at radius 1 is 1.25 bits per heavy atom. The fourth-order valence-electron chi connectivity index (χ4n) is 1.62. The van der Waals surface area contributed by atoms with E-state index in [1.54, 1.807) is 12.1 Å². The van der Waals surface area contributed by atoms with Crippen LogP contribution in [0.2, 0.25) is 0 Å². The zero-order valence-corrected chi connectivity index (χ0v) is 11.9. The lowest BCUT2D eigenvalue weighted by atomic mass is 10.2. The Kier molecular flexibility index (Phi) is 3.99. The van der Waals surface area contributed by atoms with Gasteiger partial charge in [0.2, 0.25) is 5.95 Å². The molecule has 2 heterocycles. The highest BCUT2D eigenvalue weighted by Gasteiger charge is 2.10. The van der Waals surface area contributed by atoms with E-state index in [1.807, 2.05) is 19.9 Å². The number of pyridine rings is 1. The number of thiocarbonyl (C=S) groups is 1. The van der Waals surface area contributed by atoms with Crippen molar-refractivity contribution in [3.05, 3.63) is 47.0 Å². The Labute approximate surface area is 121 Å². The summed E-state index contributed by atoms with van der Waals surface area (Å²) in [5, 5.41) is 2.60. The van der Waals surface area contributed by atoms with Crippen molar-refractivity contribution >= 4 is 29.1 Å². The lowest BCUT2D eigenvalue weighted by Gasteiger charge is -2.05. The fourth-order valence-corrected chi connectivity index (χ4v) is 1.74. The number of carbonyl (C=O) groups is 1. The summed E-state index contributed by atoms with van der Waals surface area (Å²) in [6, 6.07) is 5.02. The van der Waals surface area contributed by atoms with Crippen molar-refractivity contribution in [1.82, 2.24) is 15.0 Å². The van der Waals surface area contributed by atoms with Gasteiger partial charge in [0.1, 0.15) is 10.7 Å². The minimum Gasteiger partial charge on any atom is -0.389 e. The van der Waals surface area contributed by atoms with Crippen LogP contribution >= 0.6 is 12.2 Å². The number of amides is 1. The van der Waals surface area contributed by atoms with Crippen LogP contribution < -0.4 is 11.1 Å². The van der Waals surface area contributed by atoms with Crippen LogP contribution in [-0.2, 0) is 0 Å². The van der Waals surface area contributed by atoms with Gasteiger partial charge in [0.25, 0.3) is 5.91 Å². The third kappa shape index (κ3) is 3.33. The van der Waals surface area contributed by atoms with Crippen LogP contribution in [0.25, 0.3) is 0 Å². The van der Waals surface area contributed by atoms with Crippen molar-refractivity contribution < 1.29 is 4.79 Å². The van der Waals surface area contributed by atoms with Crippen LogP contribution in [0, 0.1) is 13.8 Å². The average molecular weight is 287 g/mol. The van der Waals surface area contributed by atoms with E-state index >= 15 is 0 Å². The van der Waals surface area contributed by atoms with E-state index in [2.05, 4.69) is 20.3 Å². The molecule has 0 saturated carbocycles. The summed E-state index contributed by atoms with van der Waals surface area (Å²) in [6.45, 7) is 3.67. The fraction of sp³-hybridized carbons (Fsp3) is 0.154. The van der Waals surface area contributed by atoms with Gasteiger partial charge in [-0.3, -0.25) is 15.1 Å². The van der Waals surface area contributed by atoms with Gasteiger partial charge in [0, 0.05) is 23.1 Å². The van der Waals surface area contributed by atoms with Crippen LogP contribution in [0.5, 0.6) is 0 Å². The van der Waals surface area contributed by atoms with Gasteiger partial charge in [-0.1, -0.05) is 12.2 Å². The molecule has 0 unspecified atom stereocenters. The number of nitrogens with one attached hydrogen (secondary N) is 1. The second-order valence-corrected chi connectivity index (χ2v) is 4.66. The Morgan fingerprint density at radius 3 is 2.40 bits per heavy atom. The van der Waals surface area contributed by atoms with E-state index < -0.39 is 0 Å². The van der Waals surface area contributed by atoms with Crippen LogP contribution in [0.1, 0.15) is 27.4 Å². The highest BCUT2D eigenvalue weighted by atomic mass is 32.1. The van der Waals surface area contributed by atoms with Crippen molar-refractivity contribution in [2.45, 2.75) is 13.8 Å². The molecule has 0 saturated heterocycles. The number of rotatable bonds is 3. The number of aryl methyl sites for hydroxylation is 2. The standard InChI is InChI=1S/C13H13N5OS/c1-7-5-8(2)17-13(16-7)18-12(19)10-4-3-9(6-15-10)11(14)20/h3-6H,1-2H3,(H2,14,20)(H,16,17,18,19). The summed E-state index contributed by atoms with van der Waals surface area (Å²) >= 11 is 4.82. The zero-order chi connectivity index (χ0) is 14.7. The van der Waals surface area contributed by atoms with Crippen LogP contribution in [-0.4, -0.2) is 25.8 Å².